The Morgan fingerprint density at radius 3 is 3.11 bits per heavy atom. The van der Waals surface area contributed by atoms with Gasteiger partial charge < -0.3 is 14.4 Å². The summed E-state index contributed by atoms with van der Waals surface area (Å²) in [6.07, 6.45) is 2.93. The number of fused-ring (bicyclic) bond motifs is 1. The SMILES string of the molecule is C=CCN1C(=O)COc2ccc(-c3nc(NC(=O)C4CCCO4)sc3C)cc21. The van der Waals surface area contributed by atoms with Crippen LogP contribution in [0.3, 0.4) is 0 Å². The van der Waals surface area contributed by atoms with Crippen molar-refractivity contribution in [2.45, 2.75) is 25.9 Å². The lowest BCUT2D eigenvalue weighted by atomic mass is 10.1. The molecule has 1 atom stereocenters. The van der Waals surface area contributed by atoms with Gasteiger partial charge in [0.15, 0.2) is 11.7 Å². The van der Waals surface area contributed by atoms with Gasteiger partial charge in [-0.15, -0.1) is 17.9 Å². The first-order chi connectivity index (χ1) is 13.6. The third-order valence-electron chi connectivity index (χ3n) is 4.74. The number of amides is 2. The van der Waals surface area contributed by atoms with E-state index in [1.807, 2.05) is 25.1 Å². The Morgan fingerprint density at radius 2 is 2.36 bits per heavy atom. The van der Waals surface area contributed by atoms with Crippen molar-refractivity contribution in [3.8, 4) is 17.0 Å². The second-order valence-electron chi connectivity index (χ2n) is 6.68. The Balaban J connectivity index is 1.61. The molecule has 0 saturated carbocycles. The van der Waals surface area contributed by atoms with Gasteiger partial charge in [-0.1, -0.05) is 6.08 Å². The molecular formula is C20H21N3O4S. The standard InChI is InChI=1S/C20H21N3O4S/c1-3-8-23-14-10-13(6-7-15(14)27-11-17(23)24)18-12(2)28-20(21-18)22-19(25)16-5-4-9-26-16/h3,6-7,10,16H,1,4-5,8-9,11H2,2H3,(H,21,22,25). The number of ether oxygens (including phenoxy) is 2. The summed E-state index contributed by atoms with van der Waals surface area (Å²) < 4.78 is 11.0. The summed E-state index contributed by atoms with van der Waals surface area (Å²) in [5, 5.41) is 3.40. The molecule has 1 N–H and O–H groups in total. The van der Waals surface area contributed by atoms with E-state index >= 15 is 0 Å². The lowest BCUT2D eigenvalue weighted by Gasteiger charge is -2.28. The first-order valence-corrected chi connectivity index (χ1v) is 9.97. The van der Waals surface area contributed by atoms with E-state index in [9.17, 15) is 9.59 Å². The Labute approximate surface area is 167 Å². The number of aromatic nitrogens is 1. The zero-order valence-corrected chi connectivity index (χ0v) is 16.4. The van der Waals surface area contributed by atoms with E-state index < -0.39 is 6.10 Å². The van der Waals surface area contributed by atoms with Crippen molar-refractivity contribution in [2.75, 3.05) is 30.0 Å². The Morgan fingerprint density at radius 1 is 1.50 bits per heavy atom. The van der Waals surface area contributed by atoms with Crippen molar-refractivity contribution in [3.05, 3.63) is 35.7 Å². The number of carbonyl (C=O) groups is 2. The molecule has 8 heteroatoms. The minimum atomic E-state index is -0.396. The number of thiazole rings is 1. The van der Waals surface area contributed by atoms with Crippen LogP contribution in [-0.2, 0) is 14.3 Å². The van der Waals surface area contributed by atoms with Crippen molar-refractivity contribution in [2.24, 2.45) is 0 Å². The Bertz CT molecular complexity index is 934. The fourth-order valence-electron chi connectivity index (χ4n) is 3.37. The monoisotopic (exact) mass is 399 g/mol. The number of rotatable bonds is 5. The molecule has 1 fully saturated rings. The van der Waals surface area contributed by atoms with Crippen LogP contribution in [0.4, 0.5) is 10.8 Å². The molecule has 2 amide bonds. The van der Waals surface area contributed by atoms with Crippen LogP contribution >= 0.6 is 11.3 Å². The maximum atomic E-state index is 12.3. The smallest absolute Gasteiger partial charge is 0.265 e. The molecule has 146 valence electrons. The quantitative estimate of drug-likeness (QED) is 0.781. The molecule has 2 aromatic rings. The number of benzene rings is 1. The molecule has 0 radical (unpaired) electrons. The van der Waals surface area contributed by atoms with E-state index in [1.54, 1.807) is 11.0 Å². The molecule has 0 spiro atoms. The first kappa shape index (κ1) is 18.6. The normalized spacial score (nSPS) is 18.5. The zero-order valence-electron chi connectivity index (χ0n) is 15.6. The summed E-state index contributed by atoms with van der Waals surface area (Å²) >= 11 is 1.42. The predicted molar refractivity (Wildman–Crippen MR) is 108 cm³/mol. The second-order valence-corrected chi connectivity index (χ2v) is 7.88. The van der Waals surface area contributed by atoms with Crippen LogP contribution in [0.2, 0.25) is 0 Å². The van der Waals surface area contributed by atoms with Crippen LogP contribution < -0.4 is 15.0 Å². The van der Waals surface area contributed by atoms with Gasteiger partial charge in [0.1, 0.15) is 11.9 Å². The zero-order chi connectivity index (χ0) is 19.7. The third kappa shape index (κ3) is 3.53. The maximum absolute atomic E-state index is 12.3. The van der Waals surface area contributed by atoms with E-state index in [0.29, 0.717) is 29.7 Å². The van der Waals surface area contributed by atoms with Crippen molar-refractivity contribution in [3.63, 3.8) is 0 Å². The highest BCUT2D eigenvalue weighted by Gasteiger charge is 2.27. The average molecular weight is 399 g/mol. The van der Waals surface area contributed by atoms with E-state index in [4.69, 9.17) is 9.47 Å². The number of hydrogen-bond donors (Lipinski definition) is 1. The molecule has 2 aliphatic heterocycles. The van der Waals surface area contributed by atoms with Crippen LogP contribution in [-0.4, -0.2) is 42.7 Å². The number of hydrogen-bond acceptors (Lipinski definition) is 6. The molecule has 2 aliphatic rings. The molecule has 1 aromatic carbocycles. The fraction of sp³-hybridized carbons (Fsp3) is 0.350. The number of nitrogens with one attached hydrogen (secondary N) is 1. The molecular weight excluding hydrogens is 378 g/mol. The minimum absolute atomic E-state index is 0.0231. The van der Waals surface area contributed by atoms with Gasteiger partial charge in [-0.05, 0) is 38.0 Å². The van der Waals surface area contributed by atoms with Crippen molar-refractivity contribution in [1.29, 1.82) is 0 Å². The average Bonchev–Trinajstić information content (AvgIpc) is 3.34. The van der Waals surface area contributed by atoms with E-state index in [-0.39, 0.29) is 18.4 Å². The maximum Gasteiger partial charge on any atom is 0.265 e. The minimum Gasteiger partial charge on any atom is -0.482 e. The van der Waals surface area contributed by atoms with Gasteiger partial charge in [-0.3, -0.25) is 14.9 Å². The molecule has 1 saturated heterocycles. The second kappa shape index (κ2) is 7.73. The van der Waals surface area contributed by atoms with E-state index in [1.165, 1.54) is 11.3 Å². The number of carbonyl (C=O) groups excluding carboxylic acids is 2. The lowest BCUT2D eigenvalue weighted by molar-refractivity contribution is -0.124. The van der Waals surface area contributed by atoms with Gasteiger partial charge in [-0.25, -0.2) is 4.98 Å². The van der Waals surface area contributed by atoms with Gasteiger partial charge in [0.2, 0.25) is 0 Å². The molecule has 0 aliphatic carbocycles. The van der Waals surface area contributed by atoms with Crippen LogP contribution in [0.25, 0.3) is 11.3 Å². The summed E-state index contributed by atoms with van der Waals surface area (Å²) in [4.78, 5) is 31.7. The van der Waals surface area contributed by atoms with Gasteiger partial charge in [0.05, 0.1) is 11.4 Å². The van der Waals surface area contributed by atoms with Crippen LogP contribution in [0.1, 0.15) is 17.7 Å². The van der Waals surface area contributed by atoms with Gasteiger partial charge in [0.25, 0.3) is 11.8 Å². The van der Waals surface area contributed by atoms with Crippen LogP contribution in [0.5, 0.6) is 5.75 Å². The molecule has 1 aromatic heterocycles. The highest BCUT2D eigenvalue weighted by molar-refractivity contribution is 7.16. The van der Waals surface area contributed by atoms with E-state index in [0.717, 1.165) is 29.0 Å². The highest BCUT2D eigenvalue weighted by atomic mass is 32.1. The molecule has 7 nitrogen and oxygen atoms in total. The van der Waals surface area contributed by atoms with E-state index in [2.05, 4.69) is 16.9 Å². The van der Waals surface area contributed by atoms with Gasteiger partial charge >= 0.3 is 0 Å². The summed E-state index contributed by atoms with van der Waals surface area (Å²) in [5.74, 6) is 0.397. The fourth-order valence-corrected chi connectivity index (χ4v) is 4.21. The summed E-state index contributed by atoms with van der Waals surface area (Å²) in [5.41, 5.74) is 2.33. The Hall–Kier alpha value is -2.71. The first-order valence-electron chi connectivity index (χ1n) is 9.15. The highest BCUT2D eigenvalue weighted by Crippen LogP contribution is 2.38. The Kier molecular flexibility index (Phi) is 5.15. The van der Waals surface area contributed by atoms with Crippen molar-refractivity contribution >= 4 is 34.0 Å². The van der Waals surface area contributed by atoms with Crippen molar-refractivity contribution in [1.82, 2.24) is 4.98 Å². The predicted octanol–water partition coefficient (Wildman–Crippen LogP) is 3.15. The van der Waals surface area contributed by atoms with Crippen molar-refractivity contribution < 1.29 is 19.1 Å². The summed E-state index contributed by atoms with van der Waals surface area (Å²) in [6.45, 7) is 6.74. The lowest BCUT2D eigenvalue weighted by Crippen LogP contribution is -2.38. The molecule has 0 bridgehead atoms. The molecule has 4 rings (SSSR count). The van der Waals surface area contributed by atoms with Crippen LogP contribution in [0, 0.1) is 6.92 Å². The third-order valence-corrected chi connectivity index (χ3v) is 5.62. The summed E-state index contributed by atoms with van der Waals surface area (Å²) in [6, 6.07) is 5.65. The largest absolute Gasteiger partial charge is 0.482 e. The summed E-state index contributed by atoms with van der Waals surface area (Å²) in [7, 11) is 0. The van der Waals surface area contributed by atoms with Crippen LogP contribution in [0.15, 0.2) is 30.9 Å². The van der Waals surface area contributed by atoms with Gasteiger partial charge in [-0.2, -0.15) is 0 Å². The molecule has 3 heterocycles. The topological polar surface area (TPSA) is 80.8 Å². The number of anilines is 2. The molecule has 28 heavy (non-hydrogen) atoms. The number of aryl methyl sites for hydroxylation is 1. The van der Waals surface area contributed by atoms with Gasteiger partial charge in [0, 0.05) is 23.6 Å². The molecule has 1 unspecified atom stereocenters. The number of nitrogens with zero attached hydrogens (tertiary/aromatic N) is 2.